The van der Waals surface area contributed by atoms with Crippen LogP contribution in [-0.4, -0.2) is 22.3 Å². The van der Waals surface area contributed by atoms with E-state index in [2.05, 4.69) is 15.9 Å². The lowest BCUT2D eigenvalue weighted by Crippen LogP contribution is -2.26. The summed E-state index contributed by atoms with van der Waals surface area (Å²) < 4.78 is 0. The Hall–Kier alpha value is -0.160. The van der Waals surface area contributed by atoms with Crippen LogP contribution in [0.4, 0.5) is 0 Å². The highest BCUT2D eigenvalue weighted by Crippen LogP contribution is 2.13. The second-order valence-corrected chi connectivity index (χ2v) is 3.65. The molecular weight excluding hydrogens is 212 g/mol. The Morgan fingerprint density at radius 2 is 2.27 bits per heavy atom. The minimum Gasteiger partial charge on any atom is -0.330 e. The molecule has 0 saturated heterocycles. The molecule has 0 aliphatic rings. The lowest BCUT2D eigenvalue weighted by atomic mass is 10.1. The number of alkyl halides is 1. The van der Waals surface area contributed by atoms with Crippen LogP contribution >= 0.6 is 15.9 Å². The number of halogens is 1. The van der Waals surface area contributed by atoms with Crippen molar-refractivity contribution < 1.29 is 4.92 Å². The first-order chi connectivity index (χ1) is 5.09. The molecule has 0 amide bonds. The van der Waals surface area contributed by atoms with Crippen LogP contribution in [0.15, 0.2) is 0 Å². The molecule has 2 unspecified atom stereocenters. The van der Waals surface area contributed by atoms with Crippen molar-refractivity contribution in [2.45, 2.75) is 30.6 Å². The van der Waals surface area contributed by atoms with Crippen molar-refractivity contribution in [1.29, 1.82) is 0 Å². The third kappa shape index (κ3) is 4.31. The van der Waals surface area contributed by atoms with Gasteiger partial charge < -0.3 is 5.73 Å². The standard InChI is InChI=1S/C6H13BrN2O2/c1-5(9(10)11)6(7)3-2-4-8/h5-6H,2-4,8H2,1H3. The van der Waals surface area contributed by atoms with Gasteiger partial charge in [-0.05, 0) is 19.4 Å². The Morgan fingerprint density at radius 1 is 1.73 bits per heavy atom. The van der Waals surface area contributed by atoms with E-state index in [1.54, 1.807) is 6.92 Å². The van der Waals surface area contributed by atoms with Gasteiger partial charge in [-0.1, -0.05) is 15.9 Å². The zero-order chi connectivity index (χ0) is 8.85. The van der Waals surface area contributed by atoms with E-state index in [-0.39, 0.29) is 9.75 Å². The van der Waals surface area contributed by atoms with E-state index in [9.17, 15) is 10.1 Å². The van der Waals surface area contributed by atoms with Gasteiger partial charge in [-0.2, -0.15) is 0 Å². The smallest absolute Gasteiger partial charge is 0.222 e. The Balaban J connectivity index is 3.63. The van der Waals surface area contributed by atoms with Crippen molar-refractivity contribution in [2.24, 2.45) is 5.73 Å². The van der Waals surface area contributed by atoms with Crippen molar-refractivity contribution in [3.05, 3.63) is 10.1 Å². The predicted octanol–water partition coefficient (Wildman–Crippen LogP) is 1.15. The molecule has 0 spiro atoms. The van der Waals surface area contributed by atoms with Gasteiger partial charge >= 0.3 is 0 Å². The van der Waals surface area contributed by atoms with Gasteiger partial charge in [0, 0.05) is 11.8 Å². The van der Waals surface area contributed by atoms with Crippen LogP contribution < -0.4 is 5.73 Å². The van der Waals surface area contributed by atoms with Crippen molar-refractivity contribution in [2.75, 3.05) is 6.54 Å². The first-order valence-electron chi connectivity index (χ1n) is 3.57. The molecule has 2 N–H and O–H groups in total. The fourth-order valence-electron chi connectivity index (χ4n) is 0.686. The van der Waals surface area contributed by atoms with E-state index >= 15 is 0 Å². The van der Waals surface area contributed by atoms with Gasteiger partial charge in [0.25, 0.3) is 0 Å². The summed E-state index contributed by atoms with van der Waals surface area (Å²) in [6.07, 6.45) is 1.59. The molecule has 4 nitrogen and oxygen atoms in total. The SMILES string of the molecule is CC(C(Br)CCCN)[N+](=O)[O-]. The highest BCUT2D eigenvalue weighted by molar-refractivity contribution is 9.09. The zero-order valence-electron chi connectivity index (χ0n) is 6.50. The van der Waals surface area contributed by atoms with E-state index in [4.69, 9.17) is 5.73 Å². The van der Waals surface area contributed by atoms with Crippen molar-refractivity contribution >= 4 is 15.9 Å². The largest absolute Gasteiger partial charge is 0.330 e. The summed E-state index contributed by atoms with van der Waals surface area (Å²) in [7, 11) is 0. The van der Waals surface area contributed by atoms with Crippen LogP contribution in [0.3, 0.4) is 0 Å². The molecule has 0 heterocycles. The quantitative estimate of drug-likeness (QED) is 0.433. The Morgan fingerprint density at radius 3 is 2.64 bits per heavy atom. The second-order valence-electron chi connectivity index (χ2n) is 2.47. The van der Waals surface area contributed by atoms with Gasteiger partial charge in [0.05, 0.1) is 4.83 Å². The normalized spacial score (nSPS) is 15.9. The van der Waals surface area contributed by atoms with Crippen LogP contribution in [0.5, 0.6) is 0 Å². The fraction of sp³-hybridized carbons (Fsp3) is 1.00. The van der Waals surface area contributed by atoms with Crippen molar-refractivity contribution in [3.63, 3.8) is 0 Å². The minimum atomic E-state index is -0.526. The summed E-state index contributed by atoms with van der Waals surface area (Å²) in [4.78, 5) is 9.91. The number of nitrogens with zero attached hydrogens (tertiary/aromatic N) is 1. The van der Waals surface area contributed by atoms with Gasteiger partial charge in [-0.15, -0.1) is 0 Å². The van der Waals surface area contributed by atoms with E-state index in [0.29, 0.717) is 6.54 Å². The zero-order valence-corrected chi connectivity index (χ0v) is 8.08. The first kappa shape index (κ1) is 10.8. The number of hydrogen-bond donors (Lipinski definition) is 1. The van der Waals surface area contributed by atoms with Crippen LogP contribution in [0.1, 0.15) is 19.8 Å². The highest BCUT2D eigenvalue weighted by Gasteiger charge is 2.22. The molecule has 5 heteroatoms. The molecule has 0 aliphatic carbocycles. The van der Waals surface area contributed by atoms with Crippen LogP contribution in [0.2, 0.25) is 0 Å². The first-order valence-corrected chi connectivity index (χ1v) is 4.48. The molecule has 0 aromatic heterocycles. The molecule has 11 heavy (non-hydrogen) atoms. The Kier molecular flexibility index (Phi) is 5.41. The maximum absolute atomic E-state index is 10.2. The van der Waals surface area contributed by atoms with Gasteiger partial charge in [0.2, 0.25) is 6.04 Å². The van der Waals surface area contributed by atoms with Crippen LogP contribution in [-0.2, 0) is 0 Å². The average molecular weight is 225 g/mol. The van der Waals surface area contributed by atoms with E-state index in [1.807, 2.05) is 0 Å². The van der Waals surface area contributed by atoms with Crippen molar-refractivity contribution in [3.8, 4) is 0 Å². The second kappa shape index (κ2) is 5.49. The topological polar surface area (TPSA) is 69.2 Å². The van der Waals surface area contributed by atoms with Gasteiger partial charge in [-0.3, -0.25) is 10.1 Å². The van der Waals surface area contributed by atoms with E-state index in [0.717, 1.165) is 12.8 Å². The third-order valence-electron chi connectivity index (χ3n) is 1.54. The summed E-state index contributed by atoms with van der Waals surface area (Å²) in [6.45, 7) is 2.18. The molecule has 0 aromatic rings. The van der Waals surface area contributed by atoms with E-state index < -0.39 is 6.04 Å². The lowest BCUT2D eigenvalue weighted by molar-refractivity contribution is -0.517. The van der Waals surface area contributed by atoms with Gasteiger partial charge in [-0.25, -0.2) is 0 Å². The average Bonchev–Trinajstić information content (AvgIpc) is 1.98. The maximum atomic E-state index is 10.2. The van der Waals surface area contributed by atoms with Crippen LogP contribution in [0, 0.1) is 10.1 Å². The molecule has 0 aromatic carbocycles. The summed E-state index contributed by atoms with van der Waals surface area (Å²) >= 11 is 3.25. The van der Waals surface area contributed by atoms with Gasteiger partial charge in [0.1, 0.15) is 0 Å². The molecule has 2 atom stereocenters. The number of hydrogen-bond acceptors (Lipinski definition) is 3. The molecular formula is C6H13BrN2O2. The molecule has 0 fully saturated rings. The molecule has 0 saturated carbocycles. The molecule has 0 bridgehead atoms. The summed E-state index contributed by atoms with van der Waals surface area (Å²) in [5.74, 6) is 0. The number of nitro groups is 1. The number of rotatable bonds is 5. The molecule has 0 aliphatic heterocycles. The lowest BCUT2D eigenvalue weighted by Gasteiger charge is -2.09. The molecule has 66 valence electrons. The monoisotopic (exact) mass is 224 g/mol. The maximum Gasteiger partial charge on any atom is 0.222 e. The minimum absolute atomic E-state index is 0.0546. The fourth-order valence-corrected chi connectivity index (χ4v) is 1.20. The molecule has 0 radical (unpaired) electrons. The third-order valence-corrected chi connectivity index (χ3v) is 2.76. The predicted molar refractivity (Wildman–Crippen MR) is 47.5 cm³/mol. The molecule has 0 rings (SSSR count). The highest BCUT2D eigenvalue weighted by atomic mass is 79.9. The summed E-state index contributed by atoms with van der Waals surface area (Å²) in [6, 6.07) is -0.526. The summed E-state index contributed by atoms with van der Waals surface area (Å²) in [5, 5.41) is 10.2. The summed E-state index contributed by atoms with van der Waals surface area (Å²) in [5.41, 5.74) is 5.26. The number of nitrogens with two attached hydrogens (primary N) is 1. The van der Waals surface area contributed by atoms with E-state index in [1.165, 1.54) is 0 Å². The Labute approximate surface area is 74.4 Å². The Bertz CT molecular complexity index is 132. The van der Waals surface area contributed by atoms with Gasteiger partial charge in [0.15, 0.2) is 0 Å². The van der Waals surface area contributed by atoms with Crippen LogP contribution in [0.25, 0.3) is 0 Å². The van der Waals surface area contributed by atoms with Crippen molar-refractivity contribution in [1.82, 2.24) is 0 Å².